The van der Waals surface area contributed by atoms with E-state index in [0.717, 1.165) is 13.1 Å². The molecule has 2 fully saturated rings. The highest BCUT2D eigenvalue weighted by atomic mass is 15.2. The summed E-state index contributed by atoms with van der Waals surface area (Å²) in [7, 11) is 0. The van der Waals surface area contributed by atoms with Gasteiger partial charge in [0.05, 0.1) is 0 Å². The van der Waals surface area contributed by atoms with E-state index in [2.05, 4.69) is 53.2 Å². The largest absolute Gasteiger partial charge is 0.372 e. The zero-order valence-corrected chi connectivity index (χ0v) is 13.5. The standard InChI is InChI=1S/C18H29N3/c1-3-16-14-21(15(2)13-19-16)18-9-7-17(8-10-18)20-11-5-4-6-12-20/h7-10,15-16,19H,3-6,11-14H2,1-2H3. The first-order valence-electron chi connectivity index (χ1n) is 8.63. The maximum atomic E-state index is 3.63. The molecular formula is C18H29N3. The molecule has 2 unspecified atom stereocenters. The van der Waals surface area contributed by atoms with Crippen LogP contribution < -0.4 is 15.1 Å². The van der Waals surface area contributed by atoms with Crippen LogP contribution in [0.1, 0.15) is 39.5 Å². The zero-order valence-electron chi connectivity index (χ0n) is 13.5. The second-order valence-corrected chi connectivity index (χ2v) is 6.58. The maximum absolute atomic E-state index is 3.63. The van der Waals surface area contributed by atoms with E-state index in [0.29, 0.717) is 12.1 Å². The van der Waals surface area contributed by atoms with E-state index in [4.69, 9.17) is 0 Å². The molecule has 0 bridgehead atoms. The highest BCUT2D eigenvalue weighted by Gasteiger charge is 2.24. The fourth-order valence-corrected chi connectivity index (χ4v) is 3.57. The molecule has 3 nitrogen and oxygen atoms in total. The Bertz CT molecular complexity index is 436. The number of benzene rings is 1. The van der Waals surface area contributed by atoms with Crippen molar-refractivity contribution in [2.45, 2.75) is 51.6 Å². The van der Waals surface area contributed by atoms with Gasteiger partial charge in [-0.15, -0.1) is 0 Å². The monoisotopic (exact) mass is 287 g/mol. The summed E-state index contributed by atoms with van der Waals surface area (Å²) in [5.41, 5.74) is 2.77. The fourth-order valence-electron chi connectivity index (χ4n) is 3.57. The van der Waals surface area contributed by atoms with Gasteiger partial charge in [0, 0.05) is 49.6 Å². The summed E-state index contributed by atoms with van der Waals surface area (Å²) in [6.07, 6.45) is 5.28. The molecule has 2 heterocycles. The van der Waals surface area contributed by atoms with Crippen molar-refractivity contribution in [1.82, 2.24) is 5.32 Å². The summed E-state index contributed by atoms with van der Waals surface area (Å²) in [4.78, 5) is 5.09. The topological polar surface area (TPSA) is 18.5 Å². The quantitative estimate of drug-likeness (QED) is 0.920. The summed E-state index contributed by atoms with van der Waals surface area (Å²) >= 11 is 0. The molecular weight excluding hydrogens is 258 g/mol. The van der Waals surface area contributed by atoms with Crippen molar-refractivity contribution in [2.75, 3.05) is 36.0 Å². The fraction of sp³-hybridized carbons (Fsp3) is 0.667. The van der Waals surface area contributed by atoms with Crippen LogP contribution in [-0.2, 0) is 0 Å². The number of piperazine rings is 1. The van der Waals surface area contributed by atoms with Crippen LogP contribution in [0, 0.1) is 0 Å². The minimum atomic E-state index is 0.577. The highest BCUT2D eigenvalue weighted by molar-refractivity contribution is 5.57. The lowest BCUT2D eigenvalue weighted by Gasteiger charge is -2.40. The number of anilines is 2. The van der Waals surface area contributed by atoms with Crippen LogP contribution in [0.5, 0.6) is 0 Å². The number of hydrogen-bond acceptors (Lipinski definition) is 3. The molecule has 3 heteroatoms. The lowest BCUT2D eigenvalue weighted by atomic mass is 10.1. The van der Waals surface area contributed by atoms with Crippen molar-refractivity contribution in [2.24, 2.45) is 0 Å². The Balaban J connectivity index is 1.70. The Hall–Kier alpha value is -1.22. The predicted octanol–water partition coefficient (Wildman–Crippen LogP) is 3.25. The summed E-state index contributed by atoms with van der Waals surface area (Å²) in [5.74, 6) is 0. The van der Waals surface area contributed by atoms with Gasteiger partial charge in [0.2, 0.25) is 0 Å². The van der Waals surface area contributed by atoms with E-state index in [9.17, 15) is 0 Å². The van der Waals surface area contributed by atoms with E-state index in [1.54, 1.807) is 0 Å². The first kappa shape index (κ1) is 14.7. The lowest BCUT2D eigenvalue weighted by Crippen LogP contribution is -2.55. The van der Waals surface area contributed by atoms with Gasteiger partial charge in [-0.2, -0.15) is 0 Å². The second kappa shape index (κ2) is 6.69. The normalized spacial score (nSPS) is 27.0. The van der Waals surface area contributed by atoms with Crippen molar-refractivity contribution in [3.63, 3.8) is 0 Å². The molecule has 0 aliphatic carbocycles. The SMILES string of the molecule is CCC1CN(c2ccc(N3CCCCC3)cc2)C(C)CN1. The van der Waals surface area contributed by atoms with E-state index >= 15 is 0 Å². The Kier molecular flexibility index (Phi) is 4.69. The van der Waals surface area contributed by atoms with Crippen molar-refractivity contribution < 1.29 is 0 Å². The minimum Gasteiger partial charge on any atom is -0.372 e. The third-order valence-electron chi connectivity index (χ3n) is 5.05. The van der Waals surface area contributed by atoms with Crippen molar-refractivity contribution in [3.8, 4) is 0 Å². The Morgan fingerprint density at radius 2 is 1.71 bits per heavy atom. The van der Waals surface area contributed by atoms with Gasteiger partial charge in [0.25, 0.3) is 0 Å². The average Bonchev–Trinajstić information content (AvgIpc) is 2.56. The molecule has 2 saturated heterocycles. The molecule has 0 aromatic heterocycles. The number of hydrogen-bond donors (Lipinski definition) is 1. The van der Waals surface area contributed by atoms with Crippen LogP contribution in [0.3, 0.4) is 0 Å². The highest BCUT2D eigenvalue weighted by Crippen LogP contribution is 2.26. The molecule has 3 rings (SSSR count). The molecule has 0 saturated carbocycles. The van der Waals surface area contributed by atoms with Crippen LogP contribution in [0.4, 0.5) is 11.4 Å². The number of piperidine rings is 1. The molecule has 1 aromatic rings. The summed E-state index contributed by atoms with van der Waals surface area (Å²) < 4.78 is 0. The van der Waals surface area contributed by atoms with Gasteiger partial charge in [0.15, 0.2) is 0 Å². The first-order chi connectivity index (χ1) is 10.3. The number of nitrogens with one attached hydrogen (secondary N) is 1. The first-order valence-corrected chi connectivity index (χ1v) is 8.63. The van der Waals surface area contributed by atoms with Crippen LogP contribution in [0.2, 0.25) is 0 Å². The van der Waals surface area contributed by atoms with Crippen LogP contribution in [0.25, 0.3) is 0 Å². The number of rotatable bonds is 3. The number of nitrogens with zero attached hydrogens (tertiary/aromatic N) is 2. The van der Waals surface area contributed by atoms with E-state index < -0.39 is 0 Å². The van der Waals surface area contributed by atoms with Crippen LogP contribution in [-0.4, -0.2) is 38.3 Å². The van der Waals surface area contributed by atoms with Gasteiger partial charge in [-0.1, -0.05) is 6.92 Å². The predicted molar refractivity (Wildman–Crippen MR) is 91.4 cm³/mol. The molecule has 2 aliphatic rings. The van der Waals surface area contributed by atoms with Crippen molar-refractivity contribution in [1.29, 1.82) is 0 Å². The van der Waals surface area contributed by atoms with Crippen molar-refractivity contribution >= 4 is 11.4 Å². The average molecular weight is 287 g/mol. The van der Waals surface area contributed by atoms with E-state index in [1.165, 1.54) is 50.1 Å². The Labute approximate surface area is 129 Å². The van der Waals surface area contributed by atoms with Crippen molar-refractivity contribution in [3.05, 3.63) is 24.3 Å². The summed E-state index contributed by atoms with van der Waals surface area (Å²) in [6, 6.07) is 10.5. The van der Waals surface area contributed by atoms with E-state index in [-0.39, 0.29) is 0 Å². The third kappa shape index (κ3) is 3.34. The van der Waals surface area contributed by atoms with Gasteiger partial charge < -0.3 is 15.1 Å². The molecule has 21 heavy (non-hydrogen) atoms. The molecule has 1 N–H and O–H groups in total. The second-order valence-electron chi connectivity index (χ2n) is 6.58. The molecule has 0 amide bonds. The molecule has 0 radical (unpaired) electrons. The Morgan fingerprint density at radius 3 is 2.38 bits per heavy atom. The smallest absolute Gasteiger partial charge is 0.0387 e. The Morgan fingerprint density at radius 1 is 1.05 bits per heavy atom. The molecule has 2 atom stereocenters. The maximum Gasteiger partial charge on any atom is 0.0387 e. The van der Waals surface area contributed by atoms with Gasteiger partial charge in [-0.05, 0) is 56.9 Å². The molecule has 2 aliphatic heterocycles. The zero-order chi connectivity index (χ0) is 14.7. The van der Waals surface area contributed by atoms with Gasteiger partial charge >= 0.3 is 0 Å². The van der Waals surface area contributed by atoms with E-state index in [1.807, 2.05) is 0 Å². The van der Waals surface area contributed by atoms with Gasteiger partial charge in [-0.25, -0.2) is 0 Å². The summed E-state index contributed by atoms with van der Waals surface area (Å²) in [5, 5.41) is 3.63. The van der Waals surface area contributed by atoms with Crippen LogP contribution >= 0.6 is 0 Å². The minimum absolute atomic E-state index is 0.577. The van der Waals surface area contributed by atoms with Crippen LogP contribution in [0.15, 0.2) is 24.3 Å². The lowest BCUT2D eigenvalue weighted by molar-refractivity contribution is 0.397. The van der Waals surface area contributed by atoms with Gasteiger partial charge in [-0.3, -0.25) is 0 Å². The van der Waals surface area contributed by atoms with Gasteiger partial charge in [0.1, 0.15) is 0 Å². The summed E-state index contributed by atoms with van der Waals surface area (Å²) in [6.45, 7) is 9.25. The molecule has 1 aromatic carbocycles. The molecule has 116 valence electrons. The third-order valence-corrected chi connectivity index (χ3v) is 5.05. The molecule has 0 spiro atoms.